The van der Waals surface area contributed by atoms with Crippen molar-refractivity contribution in [3.8, 4) is 0 Å². The number of alkyl halides is 3. The molecule has 1 aromatic heterocycles. The van der Waals surface area contributed by atoms with Gasteiger partial charge in [0.2, 0.25) is 5.91 Å². The molecule has 0 atom stereocenters. The Morgan fingerprint density at radius 1 is 0.912 bits per heavy atom. The molecule has 0 bridgehead atoms. The molecule has 0 unspecified atom stereocenters. The maximum Gasteiger partial charge on any atom is 0.416 e. The van der Waals surface area contributed by atoms with Gasteiger partial charge in [-0.2, -0.15) is 13.2 Å². The Balaban J connectivity index is 1.49. The number of halogens is 3. The highest BCUT2D eigenvalue weighted by Gasteiger charge is 2.30. The summed E-state index contributed by atoms with van der Waals surface area (Å²) in [7, 11) is 0. The molecule has 3 aromatic rings. The fraction of sp³-hybridized carbons (Fsp3) is 0.393. The first-order valence-electron chi connectivity index (χ1n) is 12.0. The summed E-state index contributed by atoms with van der Waals surface area (Å²) in [5.74, 6) is 0.773. The average Bonchev–Trinajstić information content (AvgIpc) is 3.50. The quantitative estimate of drug-likeness (QED) is 0.330. The standard InChI is InChI=1S/C28H31F3N2O/c29-28(30,31)25-13-6-12-24(18-25)20-32-17-7-14-26(32)21-33(19-23-10-2-1-3-11-23)27(34)16-15-22-8-4-5-9-22/h1-3,6-7,10-14,17-18,22H,4-5,8-9,15-16,19-21H2. The largest absolute Gasteiger partial charge is 0.416 e. The summed E-state index contributed by atoms with van der Waals surface area (Å²) in [4.78, 5) is 15.1. The Labute approximate surface area is 199 Å². The second-order valence-electron chi connectivity index (χ2n) is 9.25. The fourth-order valence-corrected chi connectivity index (χ4v) is 4.81. The number of benzene rings is 2. The smallest absolute Gasteiger partial charge is 0.345 e. The molecule has 6 heteroatoms. The van der Waals surface area contributed by atoms with Gasteiger partial charge < -0.3 is 9.47 Å². The molecule has 180 valence electrons. The number of carbonyl (C=O) groups excluding carboxylic acids is 1. The third-order valence-electron chi connectivity index (χ3n) is 6.69. The first-order chi connectivity index (χ1) is 16.4. The van der Waals surface area contributed by atoms with E-state index in [1.54, 1.807) is 6.07 Å². The van der Waals surface area contributed by atoms with E-state index in [4.69, 9.17) is 0 Å². The molecule has 1 fully saturated rings. The average molecular weight is 469 g/mol. The Hall–Kier alpha value is -3.02. The Kier molecular flexibility index (Phi) is 7.76. The van der Waals surface area contributed by atoms with Crippen LogP contribution in [0.25, 0.3) is 0 Å². The number of hydrogen-bond acceptors (Lipinski definition) is 1. The van der Waals surface area contributed by atoms with Gasteiger partial charge in [0.25, 0.3) is 0 Å². The van der Waals surface area contributed by atoms with Gasteiger partial charge in [-0.15, -0.1) is 0 Å². The summed E-state index contributed by atoms with van der Waals surface area (Å²) in [5.41, 5.74) is 1.90. The fourth-order valence-electron chi connectivity index (χ4n) is 4.81. The Bertz CT molecular complexity index is 1070. The molecular weight excluding hydrogens is 437 g/mol. The molecule has 34 heavy (non-hydrogen) atoms. The molecule has 0 radical (unpaired) electrons. The number of hydrogen-bond donors (Lipinski definition) is 0. The summed E-state index contributed by atoms with van der Waals surface area (Å²) in [6, 6.07) is 19.2. The number of nitrogens with zero attached hydrogens (tertiary/aromatic N) is 2. The van der Waals surface area contributed by atoms with E-state index in [1.165, 1.54) is 37.8 Å². The van der Waals surface area contributed by atoms with Crippen LogP contribution < -0.4 is 0 Å². The lowest BCUT2D eigenvalue weighted by Crippen LogP contribution is -2.31. The maximum absolute atomic E-state index is 13.2. The summed E-state index contributed by atoms with van der Waals surface area (Å²) >= 11 is 0. The van der Waals surface area contributed by atoms with Crippen molar-refractivity contribution in [2.75, 3.05) is 0 Å². The maximum atomic E-state index is 13.2. The predicted molar refractivity (Wildman–Crippen MR) is 127 cm³/mol. The Morgan fingerprint density at radius 2 is 1.65 bits per heavy atom. The van der Waals surface area contributed by atoms with Crippen LogP contribution in [0.15, 0.2) is 72.9 Å². The first kappa shape index (κ1) is 24.1. The molecule has 4 rings (SSSR count). The van der Waals surface area contributed by atoms with Gasteiger partial charge in [-0.3, -0.25) is 4.79 Å². The minimum Gasteiger partial charge on any atom is -0.345 e. The minimum atomic E-state index is -4.37. The molecule has 1 aliphatic rings. The molecule has 1 saturated carbocycles. The van der Waals surface area contributed by atoms with Crippen molar-refractivity contribution in [3.63, 3.8) is 0 Å². The van der Waals surface area contributed by atoms with E-state index >= 15 is 0 Å². The van der Waals surface area contributed by atoms with E-state index in [9.17, 15) is 18.0 Å². The van der Waals surface area contributed by atoms with Crippen LogP contribution in [-0.2, 0) is 30.6 Å². The van der Waals surface area contributed by atoms with E-state index in [2.05, 4.69) is 0 Å². The summed E-state index contributed by atoms with van der Waals surface area (Å²) in [5, 5.41) is 0. The molecule has 3 nitrogen and oxygen atoms in total. The predicted octanol–water partition coefficient (Wildman–Crippen LogP) is 7.05. The molecule has 1 amide bonds. The monoisotopic (exact) mass is 468 g/mol. The zero-order valence-corrected chi connectivity index (χ0v) is 19.3. The SMILES string of the molecule is O=C(CCC1CCCC1)N(Cc1ccccc1)Cc1cccn1Cc1cccc(C(F)(F)F)c1. The van der Waals surface area contributed by atoms with Gasteiger partial charge in [-0.25, -0.2) is 0 Å². The molecule has 0 saturated heterocycles. The molecule has 1 aliphatic carbocycles. The summed E-state index contributed by atoms with van der Waals surface area (Å²) < 4.78 is 41.3. The summed E-state index contributed by atoms with van der Waals surface area (Å²) in [6.07, 6.45) is 3.90. The van der Waals surface area contributed by atoms with Crippen LogP contribution >= 0.6 is 0 Å². The Morgan fingerprint density at radius 3 is 2.38 bits per heavy atom. The van der Waals surface area contributed by atoms with Crippen molar-refractivity contribution in [2.45, 2.75) is 64.3 Å². The first-order valence-corrected chi connectivity index (χ1v) is 12.0. The van der Waals surface area contributed by atoms with Gasteiger partial charge in [-0.05, 0) is 47.7 Å². The molecule has 0 aliphatic heterocycles. The van der Waals surface area contributed by atoms with Crippen LogP contribution in [0.4, 0.5) is 13.2 Å². The number of rotatable bonds is 9. The zero-order chi connectivity index (χ0) is 24.0. The van der Waals surface area contributed by atoms with E-state index in [-0.39, 0.29) is 5.91 Å². The van der Waals surface area contributed by atoms with Crippen LogP contribution in [0.2, 0.25) is 0 Å². The third-order valence-corrected chi connectivity index (χ3v) is 6.69. The van der Waals surface area contributed by atoms with E-state index in [0.29, 0.717) is 37.5 Å². The van der Waals surface area contributed by atoms with Crippen molar-refractivity contribution >= 4 is 5.91 Å². The van der Waals surface area contributed by atoms with E-state index in [1.807, 2.05) is 58.1 Å². The molecular formula is C28H31F3N2O. The lowest BCUT2D eigenvalue weighted by molar-refractivity contribution is -0.137. The molecule has 2 aromatic carbocycles. The highest BCUT2D eigenvalue weighted by molar-refractivity contribution is 5.76. The molecule has 0 N–H and O–H groups in total. The molecule has 0 spiro atoms. The second-order valence-corrected chi connectivity index (χ2v) is 9.25. The topological polar surface area (TPSA) is 25.2 Å². The van der Waals surface area contributed by atoms with Crippen LogP contribution in [-0.4, -0.2) is 15.4 Å². The van der Waals surface area contributed by atoms with E-state index < -0.39 is 11.7 Å². The van der Waals surface area contributed by atoms with Crippen molar-refractivity contribution in [1.82, 2.24) is 9.47 Å². The van der Waals surface area contributed by atoms with Crippen LogP contribution in [0.1, 0.15) is 60.9 Å². The van der Waals surface area contributed by atoms with Gasteiger partial charge in [0.15, 0.2) is 0 Å². The zero-order valence-electron chi connectivity index (χ0n) is 19.3. The lowest BCUT2D eigenvalue weighted by atomic mass is 10.0. The highest BCUT2D eigenvalue weighted by Crippen LogP contribution is 2.30. The van der Waals surface area contributed by atoms with Crippen LogP contribution in [0.5, 0.6) is 0 Å². The normalized spacial score (nSPS) is 14.4. The highest BCUT2D eigenvalue weighted by atomic mass is 19.4. The van der Waals surface area contributed by atoms with Gasteiger partial charge in [0.1, 0.15) is 0 Å². The van der Waals surface area contributed by atoms with Gasteiger partial charge in [0, 0.05) is 31.4 Å². The van der Waals surface area contributed by atoms with Crippen molar-refractivity contribution in [2.24, 2.45) is 5.92 Å². The lowest BCUT2D eigenvalue weighted by Gasteiger charge is -2.25. The van der Waals surface area contributed by atoms with Crippen LogP contribution in [0.3, 0.4) is 0 Å². The van der Waals surface area contributed by atoms with Gasteiger partial charge in [0.05, 0.1) is 12.1 Å². The number of amides is 1. The van der Waals surface area contributed by atoms with Crippen molar-refractivity contribution in [1.29, 1.82) is 0 Å². The summed E-state index contributed by atoms with van der Waals surface area (Å²) in [6.45, 7) is 1.26. The second kappa shape index (κ2) is 10.9. The van der Waals surface area contributed by atoms with Crippen molar-refractivity contribution < 1.29 is 18.0 Å². The van der Waals surface area contributed by atoms with E-state index in [0.717, 1.165) is 23.7 Å². The molecule has 1 heterocycles. The van der Waals surface area contributed by atoms with Crippen LogP contribution in [0, 0.1) is 5.92 Å². The van der Waals surface area contributed by atoms with Gasteiger partial charge in [-0.1, -0.05) is 68.1 Å². The minimum absolute atomic E-state index is 0.127. The third kappa shape index (κ3) is 6.52. The number of aromatic nitrogens is 1. The van der Waals surface area contributed by atoms with Crippen molar-refractivity contribution in [3.05, 3.63) is 95.3 Å². The van der Waals surface area contributed by atoms with Gasteiger partial charge >= 0.3 is 6.18 Å². The number of carbonyl (C=O) groups is 1.